The van der Waals surface area contributed by atoms with Crippen LogP contribution in [-0.2, 0) is 9.53 Å². The largest absolute Gasteiger partial charge is 0.383 e. The van der Waals surface area contributed by atoms with Gasteiger partial charge >= 0.3 is 0 Å². The monoisotopic (exact) mass is 248 g/mol. The molecule has 0 aliphatic carbocycles. The number of ether oxygens (including phenoxy) is 1. The van der Waals surface area contributed by atoms with Crippen molar-refractivity contribution in [3.8, 4) is 0 Å². The molecule has 0 saturated carbocycles. The fraction of sp³-hybridized carbons (Fsp3) is 0.909. The summed E-state index contributed by atoms with van der Waals surface area (Å²) in [5.41, 5.74) is 0. The molecule has 2 N–H and O–H groups in total. The molecule has 0 aliphatic rings. The van der Waals surface area contributed by atoms with E-state index >= 15 is 0 Å². The maximum atomic E-state index is 11.5. The first kappa shape index (κ1) is 15.7. The summed E-state index contributed by atoms with van der Waals surface area (Å²) >= 11 is 1.88. The Labute approximate surface area is 103 Å². The highest BCUT2D eigenvalue weighted by Gasteiger charge is 2.08. The van der Waals surface area contributed by atoms with Crippen LogP contribution in [0.3, 0.4) is 0 Å². The minimum absolute atomic E-state index is 0.0258. The molecule has 0 aromatic rings. The van der Waals surface area contributed by atoms with E-state index in [2.05, 4.69) is 24.5 Å². The van der Waals surface area contributed by atoms with Crippen LogP contribution in [-0.4, -0.2) is 49.8 Å². The van der Waals surface area contributed by atoms with Crippen LogP contribution >= 0.6 is 11.8 Å². The molecular formula is C11H24N2O2S. The lowest BCUT2D eigenvalue weighted by Crippen LogP contribution is -2.43. The van der Waals surface area contributed by atoms with E-state index in [4.69, 9.17) is 4.74 Å². The number of nitrogens with one attached hydrogen (secondary N) is 2. The summed E-state index contributed by atoms with van der Waals surface area (Å²) in [5.74, 6) is 2.18. The first-order valence-electron chi connectivity index (χ1n) is 5.69. The maximum absolute atomic E-state index is 11.5. The third-order valence-electron chi connectivity index (χ3n) is 2.01. The van der Waals surface area contributed by atoms with Crippen molar-refractivity contribution in [2.45, 2.75) is 32.9 Å². The quantitative estimate of drug-likeness (QED) is 0.636. The Morgan fingerprint density at radius 2 is 2.06 bits per heavy atom. The second-order valence-corrected chi connectivity index (χ2v) is 5.18. The predicted octanol–water partition coefficient (Wildman–Crippen LogP) is 0.869. The summed E-state index contributed by atoms with van der Waals surface area (Å²) < 4.78 is 4.94. The summed E-state index contributed by atoms with van der Waals surface area (Å²) in [7, 11) is 1.63. The van der Waals surface area contributed by atoms with Crippen molar-refractivity contribution in [3.05, 3.63) is 0 Å². The molecule has 4 nitrogen and oxygen atoms in total. The van der Waals surface area contributed by atoms with Gasteiger partial charge in [0, 0.05) is 24.9 Å². The second-order valence-electron chi connectivity index (χ2n) is 3.87. The van der Waals surface area contributed by atoms with Gasteiger partial charge in [0.25, 0.3) is 0 Å². The molecule has 5 heteroatoms. The Balaban J connectivity index is 3.56. The standard InChI is InChI=1S/C11H24N2O2S/c1-5-16-8-10(3)12-6-11(14)13-9(2)7-15-4/h9-10,12H,5-8H2,1-4H3,(H,13,14). The number of thioether (sulfide) groups is 1. The average Bonchev–Trinajstić information content (AvgIpc) is 2.23. The molecule has 0 bridgehead atoms. The Morgan fingerprint density at radius 3 is 2.62 bits per heavy atom. The highest BCUT2D eigenvalue weighted by molar-refractivity contribution is 7.99. The lowest BCUT2D eigenvalue weighted by molar-refractivity contribution is -0.121. The summed E-state index contributed by atoms with van der Waals surface area (Å²) in [6.45, 7) is 7.08. The van der Waals surface area contributed by atoms with Gasteiger partial charge in [0.15, 0.2) is 0 Å². The van der Waals surface area contributed by atoms with Gasteiger partial charge in [-0.2, -0.15) is 11.8 Å². The summed E-state index contributed by atoms with van der Waals surface area (Å²) in [6.07, 6.45) is 0. The van der Waals surface area contributed by atoms with E-state index in [0.29, 0.717) is 19.2 Å². The van der Waals surface area contributed by atoms with E-state index in [1.807, 2.05) is 18.7 Å². The fourth-order valence-electron chi connectivity index (χ4n) is 1.24. The minimum atomic E-state index is 0.0258. The van der Waals surface area contributed by atoms with E-state index in [9.17, 15) is 4.79 Å². The van der Waals surface area contributed by atoms with E-state index in [0.717, 1.165) is 11.5 Å². The van der Waals surface area contributed by atoms with E-state index in [-0.39, 0.29) is 11.9 Å². The summed E-state index contributed by atoms with van der Waals surface area (Å²) in [6, 6.07) is 0.438. The molecule has 0 fully saturated rings. The zero-order valence-corrected chi connectivity index (χ0v) is 11.5. The first-order chi connectivity index (χ1) is 7.60. The number of carbonyl (C=O) groups is 1. The molecule has 1 amide bonds. The lowest BCUT2D eigenvalue weighted by Gasteiger charge is -2.15. The molecule has 0 aromatic heterocycles. The number of hydrogen-bond acceptors (Lipinski definition) is 4. The van der Waals surface area contributed by atoms with Crippen LogP contribution in [0.15, 0.2) is 0 Å². The van der Waals surface area contributed by atoms with Gasteiger partial charge in [0.05, 0.1) is 13.2 Å². The van der Waals surface area contributed by atoms with E-state index < -0.39 is 0 Å². The van der Waals surface area contributed by atoms with Gasteiger partial charge in [-0.3, -0.25) is 4.79 Å². The Kier molecular flexibility index (Phi) is 9.77. The van der Waals surface area contributed by atoms with Crippen molar-refractivity contribution in [1.82, 2.24) is 10.6 Å². The molecule has 0 rings (SSSR count). The third-order valence-corrected chi connectivity index (χ3v) is 3.15. The number of amides is 1. The number of carbonyl (C=O) groups excluding carboxylic acids is 1. The van der Waals surface area contributed by atoms with E-state index in [1.54, 1.807) is 7.11 Å². The molecular weight excluding hydrogens is 224 g/mol. The average molecular weight is 248 g/mol. The normalized spacial score (nSPS) is 14.5. The molecule has 0 heterocycles. The highest BCUT2D eigenvalue weighted by Crippen LogP contribution is 2.00. The zero-order valence-electron chi connectivity index (χ0n) is 10.7. The lowest BCUT2D eigenvalue weighted by atomic mass is 10.3. The van der Waals surface area contributed by atoms with Gasteiger partial charge in [-0.25, -0.2) is 0 Å². The van der Waals surface area contributed by atoms with Crippen LogP contribution in [0.2, 0.25) is 0 Å². The molecule has 0 saturated heterocycles. The molecule has 2 unspecified atom stereocenters. The Hall–Kier alpha value is -0.260. The molecule has 2 atom stereocenters. The topological polar surface area (TPSA) is 50.4 Å². The van der Waals surface area contributed by atoms with Crippen LogP contribution in [0.1, 0.15) is 20.8 Å². The minimum Gasteiger partial charge on any atom is -0.383 e. The molecule has 0 aromatic carbocycles. The molecule has 0 spiro atoms. The van der Waals surface area contributed by atoms with Gasteiger partial charge in [0.1, 0.15) is 0 Å². The maximum Gasteiger partial charge on any atom is 0.234 e. The summed E-state index contributed by atoms with van der Waals surface area (Å²) in [5, 5.41) is 6.05. The number of hydrogen-bond donors (Lipinski definition) is 2. The van der Waals surface area contributed by atoms with Crippen LogP contribution in [0.5, 0.6) is 0 Å². The molecule has 0 aliphatic heterocycles. The van der Waals surface area contributed by atoms with Gasteiger partial charge in [-0.15, -0.1) is 0 Å². The van der Waals surface area contributed by atoms with Crippen molar-refractivity contribution < 1.29 is 9.53 Å². The third kappa shape index (κ3) is 9.00. The van der Waals surface area contributed by atoms with Crippen molar-refractivity contribution in [2.75, 3.05) is 31.8 Å². The zero-order chi connectivity index (χ0) is 12.4. The molecule has 0 radical (unpaired) electrons. The Morgan fingerprint density at radius 1 is 1.38 bits per heavy atom. The van der Waals surface area contributed by atoms with Gasteiger partial charge in [-0.1, -0.05) is 6.92 Å². The predicted molar refractivity (Wildman–Crippen MR) is 69.9 cm³/mol. The van der Waals surface area contributed by atoms with Crippen molar-refractivity contribution >= 4 is 17.7 Å². The second kappa shape index (κ2) is 9.93. The van der Waals surface area contributed by atoms with Crippen molar-refractivity contribution in [1.29, 1.82) is 0 Å². The number of rotatable bonds is 9. The van der Waals surface area contributed by atoms with Crippen LogP contribution in [0.25, 0.3) is 0 Å². The fourth-order valence-corrected chi connectivity index (χ4v) is 1.95. The SMILES string of the molecule is CCSCC(C)NCC(=O)NC(C)COC. The molecule has 96 valence electrons. The Bertz CT molecular complexity index is 191. The van der Waals surface area contributed by atoms with Crippen LogP contribution < -0.4 is 10.6 Å². The first-order valence-corrected chi connectivity index (χ1v) is 6.85. The van der Waals surface area contributed by atoms with Gasteiger partial charge < -0.3 is 15.4 Å². The van der Waals surface area contributed by atoms with Gasteiger partial charge in [0.2, 0.25) is 5.91 Å². The van der Waals surface area contributed by atoms with Crippen molar-refractivity contribution in [3.63, 3.8) is 0 Å². The van der Waals surface area contributed by atoms with Gasteiger partial charge in [-0.05, 0) is 19.6 Å². The van der Waals surface area contributed by atoms with Crippen LogP contribution in [0, 0.1) is 0 Å². The van der Waals surface area contributed by atoms with Crippen LogP contribution in [0.4, 0.5) is 0 Å². The summed E-state index contributed by atoms with van der Waals surface area (Å²) in [4.78, 5) is 11.5. The number of methoxy groups -OCH3 is 1. The van der Waals surface area contributed by atoms with Crippen molar-refractivity contribution in [2.24, 2.45) is 0 Å². The highest BCUT2D eigenvalue weighted by atomic mass is 32.2. The molecule has 16 heavy (non-hydrogen) atoms. The smallest absolute Gasteiger partial charge is 0.234 e. The van der Waals surface area contributed by atoms with E-state index in [1.165, 1.54) is 0 Å².